The van der Waals surface area contributed by atoms with Gasteiger partial charge in [0.05, 0.1) is 13.7 Å². The van der Waals surface area contributed by atoms with E-state index in [2.05, 4.69) is 5.32 Å². The molecule has 0 aromatic heterocycles. The Hall–Kier alpha value is -3.22. The number of carbonyl (C=O) groups excluding carboxylic acids is 2. The normalized spacial score (nSPS) is 11.9. The number of hydrogen-bond acceptors (Lipinski definition) is 4. The van der Waals surface area contributed by atoms with Crippen molar-refractivity contribution in [2.24, 2.45) is 0 Å². The van der Waals surface area contributed by atoms with E-state index in [0.717, 1.165) is 11.3 Å². The molecule has 0 saturated heterocycles. The van der Waals surface area contributed by atoms with E-state index in [-0.39, 0.29) is 24.8 Å². The van der Waals surface area contributed by atoms with Gasteiger partial charge >= 0.3 is 0 Å². The van der Waals surface area contributed by atoms with Crippen molar-refractivity contribution >= 4 is 35.0 Å². The zero-order chi connectivity index (χ0) is 28.4. The smallest absolute Gasteiger partial charge is 0.243 e. The maximum absolute atomic E-state index is 13.8. The molecule has 0 bridgehead atoms. The van der Waals surface area contributed by atoms with E-state index >= 15 is 0 Å². The molecule has 0 aliphatic heterocycles. The summed E-state index contributed by atoms with van der Waals surface area (Å²) in [4.78, 5) is 29.0. The number of amides is 2. The molecule has 8 heteroatoms. The first-order valence-corrected chi connectivity index (χ1v) is 13.7. The van der Waals surface area contributed by atoms with Crippen molar-refractivity contribution in [1.29, 1.82) is 0 Å². The van der Waals surface area contributed by atoms with Gasteiger partial charge in [0.15, 0.2) is 0 Å². The Kier molecular flexibility index (Phi) is 11.1. The Balaban J connectivity index is 1.84. The van der Waals surface area contributed by atoms with Crippen LogP contribution in [0.1, 0.15) is 44.7 Å². The molecular formula is C31H36Cl2N2O4. The fraction of sp³-hybridized carbons (Fsp3) is 0.355. The Morgan fingerprint density at radius 1 is 0.897 bits per heavy atom. The van der Waals surface area contributed by atoms with Crippen LogP contribution in [0.25, 0.3) is 0 Å². The minimum absolute atomic E-state index is 0.103. The number of ether oxygens (including phenoxy) is 2. The lowest BCUT2D eigenvalue weighted by Gasteiger charge is -2.34. The van der Waals surface area contributed by atoms with Crippen LogP contribution in [0.15, 0.2) is 72.8 Å². The van der Waals surface area contributed by atoms with Gasteiger partial charge in [0.25, 0.3) is 0 Å². The molecule has 3 rings (SSSR count). The zero-order valence-corrected chi connectivity index (χ0v) is 24.4. The highest BCUT2D eigenvalue weighted by Gasteiger charge is 2.32. The zero-order valence-electron chi connectivity index (χ0n) is 22.9. The summed E-state index contributed by atoms with van der Waals surface area (Å²) in [6.07, 6.45) is 1.00. The van der Waals surface area contributed by atoms with Crippen LogP contribution in [-0.2, 0) is 22.6 Å². The third-order valence-electron chi connectivity index (χ3n) is 6.02. The first-order chi connectivity index (χ1) is 18.6. The van der Waals surface area contributed by atoms with Crippen molar-refractivity contribution in [3.63, 3.8) is 0 Å². The first-order valence-electron chi connectivity index (χ1n) is 12.9. The van der Waals surface area contributed by atoms with Gasteiger partial charge in [-0.15, -0.1) is 0 Å². The maximum Gasteiger partial charge on any atom is 0.243 e. The molecule has 1 atom stereocenters. The molecular weight excluding hydrogens is 535 g/mol. The summed E-state index contributed by atoms with van der Waals surface area (Å²) in [6, 6.07) is 21.4. The highest BCUT2D eigenvalue weighted by molar-refractivity contribution is 6.36. The molecule has 0 aliphatic rings. The summed E-state index contributed by atoms with van der Waals surface area (Å²) < 4.78 is 11.0. The number of rotatable bonds is 12. The summed E-state index contributed by atoms with van der Waals surface area (Å²) >= 11 is 13.0. The second-order valence-electron chi connectivity index (χ2n) is 10.3. The molecule has 39 heavy (non-hydrogen) atoms. The van der Waals surface area contributed by atoms with Gasteiger partial charge in [0.2, 0.25) is 11.8 Å². The van der Waals surface area contributed by atoms with Crippen LogP contribution in [0.3, 0.4) is 0 Å². The number of halogens is 2. The fourth-order valence-corrected chi connectivity index (χ4v) is 4.61. The van der Waals surface area contributed by atoms with Gasteiger partial charge in [0.1, 0.15) is 17.5 Å². The van der Waals surface area contributed by atoms with Crippen LogP contribution >= 0.6 is 23.2 Å². The molecule has 1 N–H and O–H groups in total. The van der Waals surface area contributed by atoms with Gasteiger partial charge < -0.3 is 19.7 Å². The van der Waals surface area contributed by atoms with E-state index in [1.54, 1.807) is 30.2 Å². The highest BCUT2D eigenvalue weighted by Crippen LogP contribution is 2.28. The van der Waals surface area contributed by atoms with Crippen molar-refractivity contribution in [3.8, 4) is 11.5 Å². The van der Waals surface area contributed by atoms with E-state index in [1.165, 1.54) is 0 Å². The Labute approximate surface area is 241 Å². The number of methoxy groups -OCH3 is 1. The molecule has 0 heterocycles. The lowest BCUT2D eigenvalue weighted by molar-refractivity contribution is -0.142. The van der Waals surface area contributed by atoms with E-state index < -0.39 is 11.6 Å². The molecule has 6 nitrogen and oxygen atoms in total. The van der Waals surface area contributed by atoms with Crippen LogP contribution in [-0.4, -0.2) is 42.0 Å². The third-order valence-corrected chi connectivity index (χ3v) is 6.73. The lowest BCUT2D eigenvalue weighted by atomic mass is 10.00. The Morgan fingerprint density at radius 3 is 2.10 bits per heavy atom. The summed E-state index contributed by atoms with van der Waals surface area (Å²) in [5, 5.41) is 3.94. The van der Waals surface area contributed by atoms with Crippen molar-refractivity contribution < 1.29 is 19.1 Å². The van der Waals surface area contributed by atoms with Gasteiger partial charge in [-0.2, -0.15) is 0 Å². The number of nitrogens with zero attached hydrogens (tertiary/aromatic N) is 1. The number of hydrogen-bond donors (Lipinski definition) is 1. The maximum atomic E-state index is 13.8. The van der Waals surface area contributed by atoms with E-state index in [9.17, 15) is 9.59 Å². The standard InChI is InChI=1S/C31H36Cl2N2O4/c1-31(2,3)34-30(37)28(20-22-10-6-5-7-11-22)35(21-25-26(32)12-8-13-27(25)33)29(36)14-9-19-39-24-17-15-23(38-4)16-18-24/h5-8,10-13,15-18,28H,9,14,19-21H2,1-4H3,(H,34,37). The highest BCUT2D eigenvalue weighted by atomic mass is 35.5. The predicted octanol–water partition coefficient (Wildman–Crippen LogP) is 6.72. The van der Waals surface area contributed by atoms with Gasteiger partial charge in [0, 0.05) is 40.5 Å². The molecule has 208 valence electrons. The average molecular weight is 572 g/mol. The summed E-state index contributed by atoms with van der Waals surface area (Å²) in [5.74, 6) is 1.01. The van der Waals surface area contributed by atoms with Gasteiger partial charge in [-0.1, -0.05) is 59.6 Å². The van der Waals surface area contributed by atoms with Gasteiger partial charge in [-0.3, -0.25) is 9.59 Å². The monoisotopic (exact) mass is 570 g/mol. The summed E-state index contributed by atoms with van der Waals surface area (Å²) in [5.41, 5.74) is 1.07. The van der Waals surface area contributed by atoms with Crippen LogP contribution < -0.4 is 14.8 Å². The Morgan fingerprint density at radius 2 is 1.51 bits per heavy atom. The quantitative estimate of drug-likeness (QED) is 0.245. The largest absolute Gasteiger partial charge is 0.497 e. The van der Waals surface area contributed by atoms with E-state index in [4.69, 9.17) is 32.7 Å². The van der Waals surface area contributed by atoms with Crippen LogP contribution in [0.2, 0.25) is 10.0 Å². The number of carbonyl (C=O) groups is 2. The van der Waals surface area contributed by atoms with Gasteiger partial charge in [-0.05, 0) is 69.2 Å². The molecule has 0 radical (unpaired) electrons. The van der Waals surface area contributed by atoms with Crippen LogP contribution in [0, 0.1) is 0 Å². The molecule has 0 aliphatic carbocycles. The SMILES string of the molecule is COc1ccc(OCCCC(=O)N(Cc2c(Cl)cccc2Cl)C(Cc2ccccc2)C(=O)NC(C)(C)C)cc1. The second kappa shape index (κ2) is 14.2. The van der Waals surface area contributed by atoms with Gasteiger partial charge in [-0.25, -0.2) is 0 Å². The molecule has 0 fully saturated rings. The molecule has 1 unspecified atom stereocenters. The Bertz CT molecular complexity index is 1210. The third kappa shape index (κ3) is 9.48. The van der Waals surface area contributed by atoms with Crippen molar-refractivity contribution in [1.82, 2.24) is 10.2 Å². The lowest BCUT2D eigenvalue weighted by Crippen LogP contribution is -2.54. The topological polar surface area (TPSA) is 67.9 Å². The molecule has 3 aromatic rings. The van der Waals surface area contributed by atoms with Crippen LogP contribution in [0.4, 0.5) is 0 Å². The predicted molar refractivity (Wildman–Crippen MR) is 157 cm³/mol. The average Bonchev–Trinajstić information content (AvgIpc) is 2.90. The molecule has 0 spiro atoms. The van der Waals surface area contributed by atoms with Crippen molar-refractivity contribution in [2.45, 2.75) is 58.2 Å². The van der Waals surface area contributed by atoms with E-state index in [1.807, 2.05) is 75.4 Å². The molecule has 3 aromatic carbocycles. The number of benzene rings is 3. The summed E-state index contributed by atoms with van der Waals surface area (Å²) in [6.45, 7) is 6.19. The summed E-state index contributed by atoms with van der Waals surface area (Å²) in [7, 11) is 1.61. The molecule has 0 saturated carbocycles. The van der Waals surface area contributed by atoms with E-state index in [0.29, 0.717) is 40.8 Å². The van der Waals surface area contributed by atoms with Crippen molar-refractivity contribution in [2.75, 3.05) is 13.7 Å². The van der Waals surface area contributed by atoms with Crippen molar-refractivity contribution in [3.05, 3.63) is 94.0 Å². The minimum atomic E-state index is -0.769. The fourth-order valence-electron chi connectivity index (χ4n) is 4.09. The van der Waals surface area contributed by atoms with Crippen LogP contribution in [0.5, 0.6) is 11.5 Å². The molecule has 2 amide bonds. The first kappa shape index (κ1) is 30.3. The number of nitrogens with one attached hydrogen (secondary N) is 1. The second-order valence-corrected chi connectivity index (χ2v) is 11.1. The minimum Gasteiger partial charge on any atom is -0.497 e.